The number of nitrogens with one attached hydrogen (secondary N) is 2. The van der Waals surface area contributed by atoms with Crippen LogP contribution in [-0.4, -0.2) is 4.98 Å². The van der Waals surface area contributed by atoms with E-state index in [1.165, 1.54) is 21.7 Å². The summed E-state index contributed by atoms with van der Waals surface area (Å²) >= 11 is 0. The predicted molar refractivity (Wildman–Crippen MR) is 75.6 cm³/mol. The quantitative estimate of drug-likeness (QED) is 0.611. The summed E-state index contributed by atoms with van der Waals surface area (Å²) < 4.78 is 0. The highest BCUT2D eigenvalue weighted by molar-refractivity contribution is 5.84. The van der Waals surface area contributed by atoms with Crippen molar-refractivity contribution in [3.05, 3.63) is 64.7 Å². The maximum absolute atomic E-state index is 3.47. The van der Waals surface area contributed by atoms with Crippen LogP contribution in [0.5, 0.6) is 0 Å². The molecule has 4 rings (SSSR count). The second-order valence-corrected chi connectivity index (χ2v) is 4.52. The maximum Gasteiger partial charge on any atom is 0.0486 e. The molecule has 0 radical (unpaired) electrons. The van der Waals surface area contributed by atoms with Gasteiger partial charge in [-0.2, -0.15) is 0 Å². The van der Waals surface area contributed by atoms with Crippen molar-refractivity contribution in [3.8, 4) is 0 Å². The number of benzene rings is 2. The molecule has 0 unspecified atom stereocenters. The van der Waals surface area contributed by atoms with Gasteiger partial charge >= 0.3 is 0 Å². The van der Waals surface area contributed by atoms with E-state index in [1.807, 2.05) is 6.07 Å². The fourth-order valence-electron chi connectivity index (χ4n) is 2.51. The molecule has 86 valence electrons. The van der Waals surface area contributed by atoms with E-state index in [4.69, 9.17) is 0 Å². The lowest BCUT2D eigenvalue weighted by Gasteiger charge is -2.02. The molecule has 2 heteroatoms. The summed E-state index contributed by atoms with van der Waals surface area (Å²) in [5, 5.41) is 7.02. The van der Waals surface area contributed by atoms with Gasteiger partial charge in [0, 0.05) is 33.4 Å². The monoisotopic (exact) mass is 232 g/mol. The molecule has 0 atom stereocenters. The van der Waals surface area contributed by atoms with Crippen LogP contribution >= 0.6 is 0 Å². The smallest absolute Gasteiger partial charge is 0.0486 e. The Kier molecular flexibility index (Phi) is 1.86. The number of aromatic nitrogens is 1. The van der Waals surface area contributed by atoms with Crippen molar-refractivity contribution in [1.29, 1.82) is 0 Å². The predicted octanol–water partition coefficient (Wildman–Crippen LogP) is 2.16. The number of para-hydroxylation sites is 2. The Bertz CT molecular complexity index is 856. The zero-order valence-corrected chi connectivity index (χ0v) is 9.77. The maximum atomic E-state index is 3.47. The number of rotatable bonds is 0. The van der Waals surface area contributed by atoms with Gasteiger partial charge in [-0.15, -0.1) is 0 Å². The van der Waals surface area contributed by atoms with E-state index in [1.54, 1.807) is 0 Å². The molecule has 0 bridgehead atoms. The first-order valence-corrected chi connectivity index (χ1v) is 6.06. The lowest BCUT2D eigenvalue weighted by atomic mass is 10.1. The fraction of sp³-hybridized carbons (Fsp3) is 0. The molecule has 2 nitrogen and oxygen atoms in total. The number of H-pyrrole nitrogens is 1. The number of aromatic amines is 1. The van der Waals surface area contributed by atoms with Crippen LogP contribution in [0.4, 0.5) is 5.69 Å². The Morgan fingerprint density at radius 1 is 0.833 bits per heavy atom. The van der Waals surface area contributed by atoms with Crippen LogP contribution in [0.25, 0.3) is 23.2 Å². The summed E-state index contributed by atoms with van der Waals surface area (Å²) in [5.74, 6) is 0. The van der Waals surface area contributed by atoms with Gasteiger partial charge in [0.05, 0.1) is 0 Å². The molecule has 2 aromatic carbocycles. The van der Waals surface area contributed by atoms with Gasteiger partial charge in [0.2, 0.25) is 0 Å². The molecule has 0 fully saturated rings. The van der Waals surface area contributed by atoms with Crippen molar-refractivity contribution in [3.63, 3.8) is 0 Å². The highest BCUT2D eigenvalue weighted by Gasteiger charge is 2.04. The van der Waals surface area contributed by atoms with Crippen molar-refractivity contribution < 1.29 is 0 Å². The average Bonchev–Trinajstić information content (AvgIpc) is 2.65. The highest BCUT2D eigenvalue weighted by Crippen LogP contribution is 2.17. The molecule has 0 saturated heterocycles. The molecule has 3 aromatic rings. The van der Waals surface area contributed by atoms with Gasteiger partial charge in [-0.3, -0.25) is 0 Å². The number of hydrogen-bond donors (Lipinski definition) is 2. The number of anilines is 1. The molecular weight excluding hydrogens is 220 g/mol. The zero-order valence-electron chi connectivity index (χ0n) is 9.77. The van der Waals surface area contributed by atoms with Crippen molar-refractivity contribution >= 4 is 28.9 Å². The van der Waals surface area contributed by atoms with E-state index < -0.39 is 0 Å². The second kappa shape index (κ2) is 3.50. The summed E-state index contributed by atoms with van der Waals surface area (Å²) in [6.45, 7) is 0. The van der Waals surface area contributed by atoms with Gasteiger partial charge in [-0.05, 0) is 23.8 Å². The molecule has 2 heterocycles. The van der Waals surface area contributed by atoms with Crippen LogP contribution in [0.15, 0.2) is 48.5 Å². The van der Waals surface area contributed by atoms with Crippen LogP contribution in [0.1, 0.15) is 5.56 Å². The fourth-order valence-corrected chi connectivity index (χ4v) is 2.51. The first kappa shape index (κ1) is 9.54. The Hall–Kier alpha value is -2.48. The zero-order chi connectivity index (χ0) is 11.9. The van der Waals surface area contributed by atoms with Gasteiger partial charge in [0.1, 0.15) is 0 Å². The van der Waals surface area contributed by atoms with E-state index in [-0.39, 0.29) is 0 Å². The third kappa shape index (κ3) is 1.29. The van der Waals surface area contributed by atoms with E-state index in [2.05, 4.69) is 65.0 Å². The molecular formula is C16H12N2. The van der Waals surface area contributed by atoms with E-state index in [0.29, 0.717) is 0 Å². The first-order valence-electron chi connectivity index (χ1n) is 6.06. The van der Waals surface area contributed by atoms with Crippen molar-refractivity contribution in [2.75, 3.05) is 5.32 Å². The van der Waals surface area contributed by atoms with Gasteiger partial charge < -0.3 is 10.3 Å². The van der Waals surface area contributed by atoms with Gasteiger partial charge in [0.15, 0.2) is 0 Å². The first-order chi connectivity index (χ1) is 8.92. The molecule has 0 spiro atoms. The molecule has 1 aromatic heterocycles. The standard InChI is InChI=1S/C16H12N2/c1-3-7-14-11(5-1)9-16-13(10-17-14)12-6-2-4-8-15(12)18-16/h1-10,17-18H. The Morgan fingerprint density at radius 2 is 1.67 bits per heavy atom. The summed E-state index contributed by atoms with van der Waals surface area (Å²) in [4.78, 5) is 3.47. The van der Waals surface area contributed by atoms with E-state index in [9.17, 15) is 0 Å². The summed E-state index contributed by atoms with van der Waals surface area (Å²) in [5.41, 5.74) is 3.53. The molecule has 0 saturated carbocycles. The van der Waals surface area contributed by atoms with E-state index in [0.717, 1.165) is 11.0 Å². The van der Waals surface area contributed by atoms with Crippen LogP contribution in [0, 0.1) is 0 Å². The van der Waals surface area contributed by atoms with Crippen molar-refractivity contribution in [2.24, 2.45) is 0 Å². The highest BCUT2D eigenvalue weighted by atomic mass is 14.9. The summed E-state index contributed by atoms with van der Waals surface area (Å²) in [7, 11) is 0. The summed E-state index contributed by atoms with van der Waals surface area (Å²) in [6, 6.07) is 16.7. The van der Waals surface area contributed by atoms with E-state index >= 15 is 0 Å². The molecule has 0 aliphatic carbocycles. The van der Waals surface area contributed by atoms with Crippen LogP contribution in [-0.2, 0) is 0 Å². The molecule has 1 aliphatic heterocycles. The topological polar surface area (TPSA) is 27.8 Å². The summed E-state index contributed by atoms with van der Waals surface area (Å²) in [6.07, 6.45) is 4.28. The number of fused-ring (bicyclic) bond motifs is 4. The van der Waals surface area contributed by atoms with Gasteiger partial charge in [0.25, 0.3) is 0 Å². The average molecular weight is 232 g/mol. The van der Waals surface area contributed by atoms with Crippen LogP contribution < -0.4 is 15.9 Å². The largest absolute Gasteiger partial charge is 0.361 e. The van der Waals surface area contributed by atoms with Crippen LogP contribution in [0.2, 0.25) is 0 Å². The SMILES string of the molecule is C1=c2[nH]c3ccccc3c2=CNc2ccccc21. The Labute approximate surface area is 104 Å². The molecule has 2 N–H and O–H groups in total. The third-order valence-electron chi connectivity index (χ3n) is 3.41. The minimum Gasteiger partial charge on any atom is -0.361 e. The lowest BCUT2D eigenvalue weighted by molar-refractivity contribution is 1.36. The Balaban J connectivity index is 2.15. The van der Waals surface area contributed by atoms with Crippen molar-refractivity contribution in [2.45, 2.75) is 0 Å². The van der Waals surface area contributed by atoms with Gasteiger partial charge in [-0.1, -0.05) is 36.4 Å². The normalized spacial score (nSPS) is 12.7. The Morgan fingerprint density at radius 3 is 2.67 bits per heavy atom. The molecule has 0 amide bonds. The third-order valence-corrected chi connectivity index (χ3v) is 3.41. The lowest BCUT2D eigenvalue weighted by Crippen LogP contribution is -2.22. The minimum atomic E-state index is 1.14. The van der Waals surface area contributed by atoms with Crippen LogP contribution in [0.3, 0.4) is 0 Å². The second-order valence-electron chi connectivity index (χ2n) is 4.52. The van der Waals surface area contributed by atoms with Crippen molar-refractivity contribution in [1.82, 2.24) is 4.98 Å². The van der Waals surface area contributed by atoms with Gasteiger partial charge in [-0.25, -0.2) is 0 Å². The molecule has 18 heavy (non-hydrogen) atoms. The molecule has 1 aliphatic rings. The number of hydrogen-bond acceptors (Lipinski definition) is 1. The minimum absolute atomic E-state index is 1.14.